The first-order valence-corrected chi connectivity index (χ1v) is 16.9. The SMILES string of the molecule is Bc1c(B)c(B)c(-c2cc3cc(-c4c5ccccc5c(-c5c(B)c(B)c(B)c(B)c5B)c5ccccc45)ccc3s2)c(B)c1B. The Balaban J connectivity index is 1.52. The Bertz CT molecular complexity index is 2280. The van der Waals surface area contributed by atoms with E-state index in [0.717, 1.165) is 0 Å². The molecule has 1 heterocycles. The van der Waals surface area contributed by atoms with E-state index in [1.807, 2.05) is 11.3 Å². The molecule has 0 nitrogen and oxygen atoms in total. The maximum atomic E-state index is 2.43. The molecule has 0 spiro atoms. The number of benzene rings is 6. The van der Waals surface area contributed by atoms with Gasteiger partial charge in [0.15, 0.2) is 0 Å². The van der Waals surface area contributed by atoms with Crippen molar-refractivity contribution >= 4 is 176 Å². The van der Waals surface area contributed by atoms with Gasteiger partial charge in [0, 0.05) is 9.58 Å². The van der Waals surface area contributed by atoms with E-state index >= 15 is 0 Å². The second kappa shape index (κ2) is 11.1. The van der Waals surface area contributed by atoms with Gasteiger partial charge >= 0.3 is 0 Å². The Hall–Kier alpha value is -3.55. The summed E-state index contributed by atoms with van der Waals surface area (Å²) in [7, 11) is 22.8. The minimum Gasteiger partial charge on any atom is -0.135 e. The molecule has 0 fully saturated rings. The summed E-state index contributed by atoms with van der Waals surface area (Å²) in [5.41, 5.74) is 20.8. The van der Waals surface area contributed by atoms with Crippen molar-refractivity contribution in [1.29, 1.82) is 0 Å². The minimum absolute atomic E-state index is 1.28. The number of hydrogen-bond acceptors (Lipinski definition) is 1. The van der Waals surface area contributed by atoms with Crippen molar-refractivity contribution in [2.75, 3.05) is 0 Å². The zero-order valence-electron chi connectivity index (χ0n) is 28.3. The highest BCUT2D eigenvalue weighted by atomic mass is 32.1. The summed E-state index contributed by atoms with van der Waals surface area (Å²) in [5, 5.41) is 6.58. The van der Waals surface area contributed by atoms with Crippen molar-refractivity contribution in [2.24, 2.45) is 0 Å². The molecule has 0 aliphatic carbocycles. The van der Waals surface area contributed by atoms with Crippen LogP contribution in [0.1, 0.15) is 0 Å². The largest absolute Gasteiger partial charge is 0.139 e. The topological polar surface area (TPSA) is 0 Å². The normalized spacial score (nSPS) is 11.6. The van der Waals surface area contributed by atoms with Gasteiger partial charge in [-0.1, -0.05) is 76.4 Å². The maximum absolute atomic E-state index is 2.43. The third-order valence-corrected chi connectivity index (χ3v) is 12.4. The van der Waals surface area contributed by atoms with E-state index < -0.39 is 0 Å². The quantitative estimate of drug-likeness (QED) is 0.144. The molecule has 0 amide bonds. The highest BCUT2D eigenvalue weighted by Gasteiger charge is 2.21. The van der Waals surface area contributed by atoms with Crippen LogP contribution in [0.5, 0.6) is 0 Å². The molecule has 0 radical (unpaired) electrons. The highest BCUT2D eigenvalue weighted by Crippen LogP contribution is 2.44. The van der Waals surface area contributed by atoms with E-state index in [9.17, 15) is 0 Å². The van der Waals surface area contributed by atoms with Gasteiger partial charge in [-0.15, -0.1) is 44.1 Å². The van der Waals surface area contributed by atoms with Gasteiger partial charge < -0.3 is 0 Å². The average molecular weight is 581 g/mol. The molecular formula is C34H32B10S. The summed E-state index contributed by atoms with van der Waals surface area (Å²) in [6.07, 6.45) is 0. The molecular weight excluding hydrogens is 549 g/mol. The summed E-state index contributed by atoms with van der Waals surface area (Å²) in [4.78, 5) is 1.37. The Morgan fingerprint density at radius 2 is 0.756 bits per heavy atom. The molecule has 7 aromatic rings. The number of thiophene rings is 1. The van der Waals surface area contributed by atoms with E-state index in [4.69, 9.17) is 0 Å². The lowest BCUT2D eigenvalue weighted by Gasteiger charge is -2.24. The fourth-order valence-corrected chi connectivity index (χ4v) is 8.98. The van der Waals surface area contributed by atoms with Crippen LogP contribution in [0, 0.1) is 0 Å². The zero-order chi connectivity index (χ0) is 31.9. The Morgan fingerprint density at radius 3 is 1.22 bits per heavy atom. The van der Waals surface area contributed by atoms with E-state index in [1.165, 1.54) is 119 Å². The van der Waals surface area contributed by atoms with Crippen LogP contribution in [-0.4, -0.2) is 78.5 Å². The second-order valence-electron chi connectivity index (χ2n) is 13.2. The fraction of sp³-hybridized carbons (Fsp3) is 0. The lowest BCUT2D eigenvalue weighted by molar-refractivity contribution is 1.71. The number of hydrogen-bond donors (Lipinski definition) is 0. The Morgan fingerprint density at radius 1 is 0.356 bits per heavy atom. The van der Waals surface area contributed by atoms with Crippen LogP contribution >= 0.6 is 11.3 Å². The van der Waals surface area contributed by atoms with Gasteiger partial charge in [0.1, 0.15) is 78.5 Å². The Labute approximate surface area is 280 Å². The summed E-state index contributed by atoms with van der Waals surface area (Å²) >= 11 is 1.92. The molecule has 0 N–H and O–H groups in total. The average Bonchev–Trinajstić information content (AvgIpc) is 3.47. The highest BCUT2D eigenvalue weighted by molar-refractivity contribution is 7.22. The predicted octanol–water partition coefficient (Wildman–Crippen LogP) is -7.21. The lowest BCUT2D eigenvalue weighted by Crippen LogP contribution is -2.55. The fourth-order valence-electron chi connectivity index (χ4n) is 7.78. The van der Waals surface area contributed by atoms with Gasteiger partial charge in [0.2, 0.25) is 0 Å². The smallest absolute Gasteiger partial charge is 0.135 e. The molecule has 0 unspecified atom stereocenters. The second-order valence-corrected chi connectivity index (χ2v) is 14.3. The minimum atomic E-state index is 1.28. The molecule has 0 bridgehead atoms. The standard InChI is InChI=1S/C34H32B10S/c35-25-23(26(36)30(40)33(43)29(25)39)20-12-14-11-13(9-10-19(14)45-20)21-15-5-1-3-7-17(15)22(18-8-4-2-6-16(18)21)24-27(37)31(41)34(44)32(42)28(24)38/h1-12H,35-44H2. The van der Waals surface area contributed by atoms with E-state index in [1.54, 1.807) is 0 Å². The molecule has 0 atom stereocenters. The summed E-state index contributed by atoms with van der Waals surface area (Å²) in [5.74, 6) is 0. The molecule has 204 valence electrons. The van der Waals surface area contributed by atoms with Crippen molar-refractivity contribution < 1.29 is 0 Å². The molecule has 0 aliphatic rings. The summed E-state index contributed by atoms with van der Waals surface area (Å²) in [6, 6.07) is 27.7. The Kier molecular flexibility index (Phi) is 7.40. The predicted molar refractivity (Wildman–Crippen MR) is 235 cm³/mol. The number of rotatable bonds is 3. The van der Waals surface area contributed by atoms with Crippen molar-refractivity contribution in [2.45, 2.75) is 0 Å². The van der Waals surface area contributed by atoms with Crippen molar-refractivity contribution in [3.63, 3.8) is 0 Å². The molecule has 1 aromatic heterocycles. The van der Waals surface area contributed by atoms with Crippen LogP contribution in [0.2, 0.25) is 0 Å². The van der Waals surface area contributed by atoms with E-state index in [2.05, 4.69) is 151 Å². The van der Waals surface area contributed by atoms with Crippen LogP contribution in [-0.2, 0) is 0 Å². The van der Waals surface area contributed by atoms with E-state index in [0.29, 0.717) is 0 Å². The summed E-state index contributed by atoms with van der Waals surface area (Å²) < 4.78 is 1.34. The van der Waals surface area contributed by atoms with Crippen LogP contribution in [0.25, 0.3) is 64.3 Å². The van der Waals surface area contributed by atoms with Crippen LogP contribution in [0.15, 0.2) is 72.8 Å². The molecule has 0 saturated carbocycles. The van der Waals surface area contributed by atoms with Crippen molar-refractivity contribution in [3.05, 3.63) is 72.8 Å². The van der Waals surface area contributed by atoms with Crippen LogP contribution in [0.4, 0.5) is 0 Å². The molecule has 11 heteroatoms. The molecule has 7 rings (SSSR count). The van der Waals surface area contributed by atoms with Crippen molar-refractivity contribution in [3.8, 4) is 32.7 Å². The van der Waals surface area contributed by atoms with Crippen LogP contribution < -0.4 is 54.6 Å². The first-order chi connectivity index (χ1) is 21.5. The van der Waals surface area contributed by atoms with Crippen LogP contribution in [0.3, 0.4) is 0 Å². The third-order valence-electron chi connectivity index (χ3n) is 11.2. The monoisotopic (exact) mass is 582 g/mol. The molecule has 0 aliphatic heterocycles. The maximum Gasteiger partial charge on any atom is 0.139 e. The zero-order valence-corrected chi connectivity index (χ0v) is 29.2. The first kappa shape index (κ1) is 30.1. The first-order valence-electron chi connectivity index (χ1n) is 16.1. The van der Waals surface area contributed by atoms with E-state index in [-0.39, 0.29) is 0 Å². The molecule has 6 aromatic carbocycles. The van der Waals surface area contributed by atoms with Gasteiger partial charge in [-0.25, -0.2) is 0 Å². The number of fused-ring (bicyclic) bond motifs is 3. The van der Waals surface area contributed by atoms with Gasteiger partial charge in [0.05, 0.1) is 0 Å². The molecule has 45 heavy (non-hydrogen) atoms. The summed E-state index contributed by atoms with van der Waals surface area (Å²) in [6.45, 7) is 0. The van der Waals surface area contributed by atoms with Crippen molar-refractivity contribution in [1.82, 2.24) is 0 Å². The van der Waals surface area contributed by atoms with Gasteiger partial charge in [-0.2, -0.15) is 0 Å². The third kappa shape index (κ3) is 4.49. The lowest BCUT2D eigenvalue weighted by atomic mass is 9.59. The van der Waals surface area contributed by atoms with Gasteiger partial charge in [0.25, 0.3) is 0 Å². The molecule has 0 saturated heterocycles. The van der Waals surface area contributed by atoms with Gasteiger partial charge in [-0.3, -0.25) is 0 Å². The van der Waals surface area contributed by atoms with Gasteiger partial charge in [-0.05, 0) is 72.9 Å².